The van der Waals surface area contributed by atoms with E-state index in [0.29, 0.717) is 0 Å². The van der Waals surface area contributed by atoms with E-state index in [2.05, 4.69) is 13.0 Å². The highest BCUT2D eigenvalue weighted by atomic mass is 16.5. The van der Waals surface area contributed by atoms with Gasteiger partial charge in [-0.25, -0.2) is 0 Å². The summed E-state index contributed by atoms with van der Waals surface area (Å²) >= 11 is 0. The van der Waals surface area contributed by atoms with E-state index in [1.807, 2.05) is 6.92 Å². The van der Waals surface area contributed by atoms with Gasteiger partial charge in [-0.2, -0.15) is 0 Å². The second kappa shape index (κ2) is 3.86. The van der Waals surface area contributed by atoms with Gasteiger partial charge in [0.2, 0.25) is 0 Å². The summed E-state index contributed by atoms with van der Waals surface area (Å²) in [6, 6.07) is 2.08. The molecule has 0 saturated heterocycles. The van der Waals surface area contributed by atoms with Gasteiger partial charge < -0.3 is 9.84 Å². The molecular weight excluding hydrogens is 188 g/mol. The van der Waals surface area contributed by atoms with Crippen molar-refractivity contribution in [2.24, 2.45) is 0 Å². The average Bonchev–Trinajstić information content (AvgIpc) is 2.23. The number of benzene rings is 1. The normalized spacial score (nSPS) is 19.9. The van der Waals surface area contributed by atoms with Gasteiger partial charge in [0.05, 0.1) is 13.2 Å². The molecule has 1 aromatic rings. The van der Waals surface area contributed by atoms with Crippen LogP contribution in [0.15, 0.2) is 6.07 Å². The zero-order chi connectivity index (χ0) is 11.0. The lowest BCUT2D eigenvalue weighted by molar-refractivity contribution is 0.155. The van der Waals surface area contributed by atoms with E-state index in [1.165, 1.54) is 11.1 Å². The largest absolute Gasteiger partial charge is 0.496 e. The van der Waals surface area contributed by atoms with Crippen LogP contribution in [0.5, 0.6) is 5.75 Å². The van der Waals surface area contributed by atoms with E-state index in [0.717, 1.165) is 36.1 Å². The van der Waals surface area contributed by atoms with Gasteiger partial charge in [-0.05, 0) is 61.4 Å². The van der Waals surface area contributed by atoms with Crippen LogP contribution in [0.25, 0.3) is 0 Å². The summed E-state index contributed by atoms with van der Waals surface area (Å²) in [7, 11) is 1.68. The highest BCUT2D eigenvalue weighted by Gasteiger charge is 2.23. The fourth-order valence-corrected chi connectivity index (χ4v) is 2.57. The monoisotopic (exact) mass is 206 g/mol. The SMILES string of the molecule is COc1cc(C)c2c(c1C)C(O)CCC2. The third-order valence-electron chi connectivity index (χ3n) is 3.38. The van der Waals surface area contributed by atoms with Crippen LogP contribution in [-0.2, 0) is 6.42 Å². The predicted molar refractivity (Wildman–Crippen MR) is 60.4 cm³/mol. The zero-order valence-corrected chi connectivity index (χ0v) is 9.63. The van der Waals surface area contributed by atoms with Gasteiger partial charge in [0, 0.05) is 0 Å². The van der Waals surface area contributed by atoms with Crippen molar-refractivity contribution in [3.8, 4) is 5.75 Å². The van der Waals surface area contributed by atoms with Gasteiger partial charge in [0.15, 0.2) is 0 Å². The van der Waals surface area contributed by atoms with Gasteiger partial charge >= 0.3 is 0 Å². The Hall–Kier alpha value is -1.02. The van der Waals surface area contributed by atoms with Gasteiger partial charge in [0.25, 0.3) is 0 Å². The number of ether oxygens (including phenoxy) is 1. The Labute approximate surface area is 90.9 Å². The quantitative estimate of drug-likeness (QED) is 0.765. The van der Waals surface area contributed by atoms with Crippen molar-refractivity contribution in [1.29, 1.82) is 0 Å². The third-order valence-corrected chi connectivity index (χ3v) is 3.38. The summed E-state index contributed by atoms with van der Waals surface area (Å²) in [6.45, 7) is 4.13. The van der Waals surface area contributed by atoms with E-state index >= 15 is 0 Å². The average molecular weight is 206 g/mol. The van der Waals surface area contributed by atoms with Crippen molar-refractivity contribution >= 4 is 0 Å². The molecule has 1 aliphatic carbocycles. The number of methoxy groups -OCH3 is 1. The van der Waals surface area contributed by atoms with Crippen molar-refractivity contribution in [2.45, 2.75) is 39.2 Å². The highest BCUT2D eigenvalue weighted by Crippen LogP contribution is 2.38. The summed E-state index contributed by atoms with van der Waals surface area (Å²) in [5.74, 6) is 0.896. The molecule has 1 unspecified atom stereocenters. The number of hydrogen-bond acceptors (Lipinski definition) is 2. The standard InChI is InChI=1S/C13H18O2/c1-8-7-12(15-3)9(2)13-10(8)5-4-6-11(13)14/h7,11,14H,4-6H2,1-3H3. The van der Waals surface area contributed by atoms with Crippen LogP contribution >= 0.6 is 0 Å². The number of aliphatic hydroxyl groups is 1. The zero-order valence-electron chi connectivity index (χ0n) is 9.63. The molecule has 82 valence electrons. The Morgan fingerprint density at radius 2 is 2.13 bits per heavy atom. The first-order chi connectivity index (χ1) is 7.15. The van der Waals surface area contributed by atoms with E-state index in [9.17, 15) is 5.11 Å². The Morgan fingerprint density at radius 3 is 2.80 bits per heavy atom. The van der Waals surface area contributed by atoms with Crippen molar-refractivity contribution in [3.63, 3.8) is 0 Å². The molecule has 1 atom stereocenters. The van der Waals surface area contributed by atoms with Crippen LogP contribution in [0, 0.1) is 13.8 Å². The summed E-state index contributed by atoms with van der Waals surface area (Å²) in [4.78, 5) is 0. The first-order valence-electron chi connectivity index (χ1n) is 5.50. The van der Waals surface area contributed by atoms with Crippen LogP contribution in [-0.4, -0.2) is 12.2 Å². The lowest BCUT2D eigenvalue weighted by Crippen LogP contribution is -2.13. The van der Waals surface area contributed by atoms with Gasteiger partial charge in [0.1, 0.15) is 5.75 Å². The minimum absolute atomic E-state index is 0.303. The highest BCUT2D eigenvalue weighted by molar-refractivity contribution is 5.50. The van der Waals surface area contributed by atoms with Crippen LogP contribution in [0.4, 0.5) is 0 Å². The first kappa shape index (κ1) is 10.5. The van der Waals surface area contributed by atoms with E-state index < -0.39 is 0 Å². The Bertz CT molecular complexity index is 383. The summed E-state index contributed by atoms with van der Waals surface area (Å²) < 4.78 is 5.33. The number of hydrogen-bond donors (Lipinski definition) is 1. The number of aryl methyl sites for hydroxylation is 1. The third kappa shape index (κ3) is 1.63. The minimum atomic E-state index is -0.303. The van der Waals surface area contributed by atoms with E-state index in [4.69, 9.17) is 4.74 Å². The molecule has 1 N–H and O–H groups in total. The second-order valence-electron chi connectivity index (χ2n) is 4.32. The maximum Gasteiger partial charge on any atom is 0.122 e. The number of rotatable bonds is 1. The Balaban J connectivity index is 2.64. The molecular formula is C13H18O2. The van der Waals surface area contributed by atoms with Crippen molar-refractivity contribution in [3.05, 3.63) is 28.3 Å². The molecule has 0 radical (unpaired) electrons. The van der Waals surface area contributed by atoms with Crippen molar-refractivity contribution in [1.82, 2.24) is 0 Å². The molecule has 0 aliphatic heterocycles. The molecule has 0 fully saturated rings. The maximum atomic E-state index is 10.0. The van der Waals surface area contributed by atoms with E-state index in [-0.39, 0.29) is 6.10 Å². The van der Waals surface area contributed by atoms with Gasteiger partial charge in [-0.3, -0.25) is 0 Å². The van der Waals surface area contributed by atoms with Crippen LogP contribution in [0.3, 0.4) is 0 Å². The smallest absolute Gasteiger partial charge is 0.122 e. The molecule has 0 heterocycles. The Morgan fingerprint density at radius 1 is 1.40 bits per heavy atom. The summed E-state index contributed by atoms with van der Waals surface area (Å²) in [5, 5.41) is 10.0. The lowest BCUT2D eigenvalue weighted by atomic mass is 9.83. The second-order valence-corrected chi connectivity index (χ2v) is 4.32. The molecule has 2 rings (SSSR count). The molecule has 2 nitrogen and oxygen atoms in total. The molecule has 0 spiro atoms. The Kier molecular flexibility index (Phi) is 2.70. The first-order valence-corrected chi connectivity index (χ1v) is 5.50. The summed E-state index contributed by atoms with van der Waals surface area (Å²) in [6.07, 6.45) is 2.74. The molecule has 2 heteroatoms. The van der Waals surface area contributed by atoms with Crippen LogP contribution < -0.4 is 4.74 Å². The topological polar surface area (TPSA) is 29.5 Å². The molecule has 1 aliphatic rings. The fourth-order valence-electron chi connectivity index (χ4n) is 2.57. The molecule has 1 aromatic carbocycles. The fraction of sp³-hybridized carbons (Fsp3) is 0.538. The van der Waals surface area contributed by atoms with Gasteiger partial charge in [-0.1, -0.05) is 0 Å². The summed E-state index contributed by atoms with van der Waals surface area (Å²) in [5.41, 5.74) is 4.78. The number of aliphatic hydroxyl groups excluding tert-OH is 1. The minimum Gasteiger partial charge on any atom is -0.496 e. The van der Waals surface area contributed by atoms with E-state index in [1.54, 1.807) is 7.11 Å². The van der Waals surface area contributed by atoms with Gasteiger partial charge in [-0.15, -0.1) is 0 Å². The maximum absolute atomic E-state index is 10.0. The molecule has 0 amide bonds. The van der Waals surface area contributed by atoms with Crippen LogP contribution in [0.2, 0.25) is 0 Å². The van der Waals surface area contributed by atoms with Crippen LogP contribution in [0.1, 0.15) is 41.2 Å². The molecule has 15 heavy (non-hydrogen) atoms. The lowest BCUT2D eigenvalue weighted by Gasteiger charge is -2.26. The number of fused-ring (bicyclic) bond motifs is 1. The molecule has 0 saturated carbocycles. The molecule has 0 bridgehead atoms. The molecule has 0 aromatic heterocycles. The van der Waals surface area contributed by atoms with Crippen molar-refractivity contribution < 1.29 is 9.84 Å². The predicted octanol–water partition coefficient (Wildman–Crippen LogP) is 2.68. The van der Waals surface area contributed by atoms with Crippen molar-refractivity contribution in [2.75, 3.05) is 7.11 Å².